The number of fused-ring (bicyclic) bond motifs is 1. The fraction of sp³-hybridized carbons (Fsp3) is 0.250. The predicted molar refractivity (Wildman–Crippen MR) is 86.6 cm³/mol. The molecule has 0 atom stereocenters. The highest BCUT2D eigenvalue weighted by atomic mass is 79.9. The van der Waals surface area contributed by atoms with Gasteiger partial charge in [0.1, 0.15) is 0 Å². The fourth-order valence-electron chi connectivity index (χ4n) is 2.21. The zero-order valence-electron chi connectivity index (χ0n) is 12.5. The van der Waals surface area contributed by atoms with Crippen LogP contribution in [0.25, 0.3) is 0 Å². The monoisotopic (exact) mass is 379 g/mol. The molecule has 120 valence electrons. The van der Waals surface area contributed by atoms with Crippen LogP contribution >= 0.6 is 15.9 Å². The molecule has 1 N–H and O–H groups in total. The molecule has 1 aliphatic heterocycles. The van der Waals surface area contributed by atoms with E-state index in [1.165, 1.54) is 6.07 Å². The summed E-state index contributed by atoms with van der Waals surface area (Å²) in [6.07, 6.45) is 0. The number of hydrogen-bond donors (Lipinski definition) is 1. The highest BCUT2D eigenvalue weighted by molar-refractivity contribution is 9.10. The van der Waals surface area contributed by atoms with Gasteiger partial charge in [-0.25, -0.2) is 9.59 Å². The van der Waals surface area contributed by atoms with Crippen molar-refractivity contribution in [1.29, 1.82) is 0 Å². The van der Waals surface area contributed by atoms with Crippen molar-refractivity contribution in [1.82, 2.24) is 0 Å². The number of anilines is 1. The maximum absolute atomic E-state index is 12.0. The molecule has 0 fully saturated rings. The Balaban J connectivity index is 1.88. The molecule has 0 saturated heterocycles. The van der Waals surface area contributed by atoms with Crippen molar-refractivity contribution in [2.45, 2.75) is 26.2 Å². The molecule has 0 bridgehead atoms. The number of nitrogens with one attached hydrogen (secondary N) is 1. The van der Waals surface area contributed by atoms with Gasteiger partial charge in [-0.1, -0.05) is 34.1 Å². The number of cyclic esters (lactones) is 1. The van der Waals surface area contributed by atoms with Gasteiger partial charge in [-0.15, -0.1) is 0 Å². The molecule has 6 nitrogen and oxygen atoms in total. The lowest BCUT2D eigenvalue weighted by Crippen LogP contribution is -2.41. The van der Waals surface area contributed by atoms with E-state index in [4.69, 9.17) is 13.9 Å². The number of benzene rings is 1. The van der Waals surface area contributed by atoms with E-state index in [9.17, 15) is 9.59 Å². The molecule has 2 heterocycles. The van der Waals surface area contributed by atoms with Crippen molar-refractivity contribution in [2.75, 3.05) is 5.32 Å². The average molecular weight is 380 g/mol. The van der Waals surface area contributed by atoms with Crippen LogP contribution in [0.3, 0.4) is 0 Å². The molecule has 1 aromatic heterocycles. The first-order chi connectivity index (χ1) is 10.9. The van der Waals surface area contributed by atoms with Crippen LogP contribution in [-0.2, 0) is 11.3 Å². The Bertz CT molecular complexity index is 827. The van der Waals surface area contributed by atoms with Crippen LogP contribution in [0.5, 0.6) is 5.75 Å². The van der Waals surface area contributed by atoms with Gasteiger partial charge in [0.15, 0.2) is 11.3 Å². The molecule has 7 heteroatoms. The van der Waals surface area contributed by atoms with Gasteiger partial charge >= 0.3 is 11.6 Å². The summed E-state index contributed by atoms with van der Waals surface area (Å²) in [5.41, 5.74) is -0.0260. The van der Waals surface area contributed by atoms with Gasteiger partial charge < -0.3 is 19.2 Å². The molecule has 0 saturated carbocycles. The Morgan fingerprint density at radius 3 is 2.65 bits per heavy atom. The summed E-state index contributed by atoms with van der Waals surface area (Å²) in [5, 5.41) is 3.01. The van der Waals surface area contributed by atoms with Gasteiger partial charge in [-0.3, -0.25) is 0 Å². The van der Waals surface area contributed by atoms with Crippen molar-refractivity contribution in [2.24, 2.45) is 0 Å². The number of halogens is 1. The Labute approximate surface area is 140 Å². The number of esters is 1. The first kappa shape index (κ1) is 15.6. The van der Waals surface area contributed by atoms with Gasteiger partial charge in [-0.05, 0) is 11.6 Å². The number of rotatable bonds is 3. The lowest BCUT2D eigenvalue weighted by molar-refractivity contribution is -0.128. The zero-order valence-corrected chi connectivity index (χ0v) is 14.1. The smallest absolute Gasteiger partial charge is 0.356 e. The molecule has 0 amide bonds. The second-order valence-electron chi connectivity index (χ2n) is 5.47. The van der Waals surface area contributed by atoms with E-state index >= 15 is 0 Å². The van der Waals surface area contributed by atoms with Crippen LogP contribution in [0.1, 0.15) is 29.8 Å². The van der Waals surface area contributed by atoms with Crippen LogP contribution in [0.4, 0.5) is 5.88 Å². The first-order valence-corrected chi connectivity index (χ1v) is 7.73. The third-order valence-electron chi connectivity index (χ3n) is 3.22. The van der Waals surface area contributed by atoms with Crippen molar-refractivity contribution < 1.29 is 18.7 Å². The molecule has 23 heavy (non-hydrogen) atoms. The van der Waals surface area contributed by atoms with Gasteiger partial charge in [0.25, 0.3) is 0 Å². The van der Waals surface area contributed by atoms with E-state index in [2.05, 4.69) is 21.2 Å². The van der Waals surface area contributed by atoms with Crippen LogP contribution in [-0.4, -0.2) is 11.8 Å². The van der Waals surface area contributed by atoms with Gasteiger partial charge in [0, 0.05) is 30.9 Å². The minimum Gasteiger partial charge on any atom is -0.451 e. The maximum atomic E-state index is 12.0. The predicted octanol–water partition coefficient (Wildman–Crippen LogP) is 3.30. The Morgan fingerprint density at radius 1 is 1.17 bits per heavy atom. The number of carbonyl (C=O) groups excluding carboxylic acids is 1. The number of ether oxygens (including phenoxy) is 2. The molecule has 1 aromatic carbocycles. The van der Waals surface area contributed by atoms with Crippen LogP contribution in [0.2, 0.25) is 0 Å². The minimum absolute atomic E-state index is 0.150. The molecular formula is C16H14BrNO5. The Morgan fingerprint density at radius 2 is 1.91 bits per heavy atom. The van der Waals surface area contributed by atoms with E-state index in [1.54, 1.807) is 13.8 Å². The van der Waals surface area contributed by atoms with Crippen molar-refractivity contribution in [3.63, 3.8) is 0 Å². The van der Waals surface area contributed by atoms with Gasteiger partial charge in [-0.2, -0.15) is 0 Å². The first-order valence-electron chi connectivity index (χ1n) is 6.93. The quantitative estimate of drug-likeness (QED) is 0.824. The summed E-state index contributed by atoms with van der Waals surface area (Å²) >= 11 is 3.45. The molecule has 0 spiro atoms. The second kappa shape index (κ2) is 5.73. The molecule has 1 aliphatic rings. The topological polar surface area (TPSA) is 77.8 Å². The molecule has 2 aromatic rings. The summed E-state index contributed by atoms with van der Waals surface area (Å²) in [7, 11) is 0. The molecule has 0 aliphatic carbocycles. The summed E-state index contributed by atoms with van der Waals surface area (Å²) in [6.45, 7) is 3.63. The van der Waals surface area contributed by atoms with E-state index < -0.39 is 17.4 Å². The maximum Gasteiger partial charge on any atom is 0.356 e. The second-order valence-corrected chi connectivity index (χ2v) is 6.33. The van der Waals surface area contributed by atoms with E-state index in [0.717, 1.165) is 10.0 Å². The lowest BCUT2D eigenvalue weighted by atomic mass is 10.2. The third-order valence-corrected chi connectivity index (χ3v) is 4.00. The molecule has 0 radical (unpaired) electrons. The summed E-state index contributed by atoms with van der Waals surface area (Å²) in [5.74, 6) is -1.51. The van der Waals surface area contributed by atoms with E-state index in [0.29, 0.717) is 6.54 Å². The van der Waals surface area contributed by atoms with Crippen LogP contribution < -0.4 is 15.7 Å². The van der Waals surface area contributed by atoms with Crippen molar-refractivity contribution >= 4 is 27.8 Å². The van der Waals surface area contributed by atoms with Crippen molar-refractivity contribution in [3.05, 3.63) is 56.4 Å². The largest absolute Gasteiger partial charge is 0.451 e. The molecule has 0 unspecified atom stereocenters. The SMILES string of the molecule is CC1(C)OC(=O)c2c(cc(NCc3ccccc3Br)oc2=O)O1. The van der Waals surface area contributed by atoms with Gasteiger partial charge in [0.05, 0.1) is 0 Å². The normalized spacial score (nSPS) is 15.3. The van der Waals surface area contributed by atoms with Crippen LogP contribution in [0, 0.1) is 0 Å². The Kier molecular flexibility index (Phi) is 3.89. The Hall–Kier alpha value is -2.28. The van der Waals surface area contributed by atoms with E-state index in [-0.39, 0.29) is 17.2 Å². The fourth-order valence-corrected chi connectivity index (χ4v) is 2.63. The third kappa shape index (κ3) is 3.24. The lowest BCUT2D eigenvalue weighted by Gasteiger charge is -2.30. The van der Waals surface area contributed by atoms with Crippen LogP contribution in [0.15, 0.2) is 44.0 Å². The molecule has 3 rings (SSSR count). The molecular weight excluding hydrogens is 366 g/mol. The highest BCUT2D eigenvalue weighted by Gasteiger charge is 2.37. The minimum atomic E-state index is -1.13. The summed E-state index contributed by atoms with van der Waals surface area (Å²) in [6, 6.07) is 9.16. The number of hydrogen-bond acceptors (Lipinski definition) is 6. The summed E-state index contributed by atoms with van der Waals surface area (Å²) in [4.78, 5) is 23.9. The standard InChI is InChI=1S/C16H14BrNO5/c1-16(2)22-11-7-12(21-14(19)13(11)15(20)23-16)18-8-9-5-3-4-6-10(9)17/h3-7,18H,8H2,1-2H3. The zero-order chi connectivity index (χ0) is 16.6. The van der Waals surface area contributed by atoms with Crippen molar-refractivity contribution in [3.8, 4) is 5.75 Å². The van der Waals surface area contributed by atoms with Gasteiger partial charge in [0.2, 0.25) is 11.7 Å². The highest BCUT2D eigenvalue weighted by Crippen LogP contribution is 2.31. The van der Waals surface area contributed by atoms with E-state index in [1.807, 2.05) is 24.3 Å². The average Bonchev–Trinajstić information content (AvgIpc) is 2.44. The summed E-state index contributed by atoms with van der Waals surface area (Å²) < 4.78 is 16.6. The number of carbonyl (C=O) groups is 1.